The summed E-state index contributed by atoms with van der Waals surface area (Å²) in [4.78, 5) is 20.2. The zero-order chi connectivity index (χ0) is 17.7. The number of amides is 1. The van der Waals surface area contributed by atoms with Crippen LogP contribution in [0, 0.1) is 5.92 Å². The number of carbonyl (C=O) groups is 1. The number of carbonyl (C=O) groups excluding carboxylic acids is 1. The summed E-state index contributed by atoms with van der Waals surface area (Å²) in [6, 6.07) is 8.40. The molecule has 1 saturated heterocycles. The number of aromatic nitrogens is 3. The molecule has 5 rings (SSSR count). The molecule has 134 valence electrons. The molecule has 2 aliphatic rings. The number of thiazole rings is 1. The van der Waals surface area contributed by atoms with Gasteiger partial charge < -0.3 is 4.90 Å². The van der Waals surface area contributed by atoms with Gasteiger partial charge >= 0.3 is 0 Å². The van der Waals surface area contributed by atoms with Crippen LogP contribution in [0.15, 0.2) is 36.7 Å². The molecule has 1 aliphatic carbocycles. The fourth-order valence-electron chi connectivity index (χ4n) is 4.17. The molecule has 3 atom stereocenters. The second-order valence-corrected chi connectivity index (χ2v) is 8.52. The lowest BCUT2D eigenvalue weighted by atomic mass is 10.0. The van der Waals surface area contributed by atoms with Gasteiger partial charge in [-0.25, -0.2) is 4.98 Å². The normalized spacial score (nSPS) is 25.6. The molecule has 0 bridgehead atoms. The number of para-hydroxylation sites is 1. The SMILES string of the molecule is Cn1cc(C2CC2C(=O)N2CCCCC2c2nc3ccccc3s2)cn1. The maximum Gasteiger partial charge on any atom is 0.226 e. The van der Waals surface area contributed by atoms with E-state index in [1.165, 1.54) is 16.7 Å². The molecule has 2 fully saturated rings. The van der Waals surface area contributed by atoms with Crippen LogP contribution in [0.3, 0.4) is 0 Å². The molecule has 1 saturated carbocycles. The van der Waals surface area contributed by atoms with Crippen LogP contribution in [-0.4, -0.2) is 32.1 Å². The van der Waals surface area contributed by atoms with Crippen LogP contribution in [0.1, 0.15) is 48.2 Å². The number of likely N-dealkylation sites (tertiary alicyclic amines) is 1. The minimum absolute atomic E-state index is 0.120. The molecule has 0 radical (unpaired) electrons. The van der Waals surface area contributed by atoms with E-state index in [1.807, 2.05) is 30.2 Å². The van der Waals surface area contributed by atoms with E-state index in [0.29, 0.717) is 11.8 Å². The Morgan fingerprint density at radius 1 is 1.27 bits per heavy atom. The highest BCUT2D eigenvalue weighted by Gasteiger charge is 2.48. The van der Waals surface area contributed by atoms with Crippen molar-refractivity contribution in [3.63, 3.8) is 0 Å². The van der Waals surface area contributed by atoms with Gasteiger partial charge in [0.1, 0.15) is 5.01 Å². The molecule has 3 unspecified atom stereocenters. The standard InChI is InChI=1S/C20H22N4OS/c1-23-12-13(11-21-23)14-10-15(14)20(25)24-9-5-4-7-17(24)19-22-16-6-2-3-8-18(16)26-19/h2-3,6,8,11-12,14-15,17H,4-5,7,9-10H2,1H3. The van der Waals surface area contributed by atoms with Crippen LogP contribution in [0.5, 0.6) is 0 Å². The van der Waals surface area contributed by atoms with Gasteiger partial charge in [-0.3, -0.25) is 9.48 Å². The van der Waals surface area contributed by atoms with Crippen molar-refractivity contribution in [1.29, 1.82) is 0 Å². The van der Waals surface area contributed by atoms with E-state index in [2.05, 4.69) is 28.2 Å². The summed E-state index contributed by atoms with van der Waals surface area (Å²) in [7, 11) is 1.93. The van der Waals surface area contributed by atoms with Gasteiger partial charge in [-0.2, -0.15) is 5.10 Å². The van der Waals surface area contributed by atoms with Crippen molar-refractivity contribution in [2.75, 3.05) is 6.54 Å². The van der Waals surface area contributed by atoms with Gasteiger partial charge in [0.25, 0.3) is 0 Å². The average Bonchev–Trinajstić information content (AvgIpc) is 3.15. The fraction of sp³-hybridized carbons (Fsp3) is 0.450. The van der Waals surface area contributed by atoms with Crippen LogP contribution in [0.4, 0.5) is 0 Å². The Labute approximate surface area is 156 Å². The Morgan fingerprint density at radius 3 is 2.96 bits per heavy atom. The highest BCUT2D eigenvalue weighted by molar-refractivity contribution is 7.18. The lowest BCUT2D eigenvalue weighted by Gasteiger charge is -2.34. The molecule has 2 aromatic heterocycles. The highest BCUT2D eigenvalue weighted by atomic mass is 32.1. The zero-order valence-electron chi connectivity index (χ0n) is 14.8. The van der Waals surface area contributed by atoms with Gasteiger partial charge in [0.05, 0.1) is 22.5 Å². The van der Waals surface area contributed by atoms with E-state index in [1.54, 1.807) is 11.3 Å². The smallest absolute Gasteiger partial charge is 0.226 e. The van der Waals surface area contributed by atoms with Gasteiger partial charge in [-0.05, 0) is 49.3 Å². The van der Waals surface area contributed by atoms with Crippen molar-refractivity contribution in [2.24, 2.45) is 13.0 Å². The van der Waals surface area contributed by atoms with Crippen LogP contribution < -0.4 is 0 Å². The molecule has 3 heterocycles. The van der Waals surface area contributed by atoms with Gasteiger partial charge in [0, 0.05) is 25.7 Å². The number of hydrogen-bond donors (Lipinski definition) is 0. The molecular formula is C20H22N4OS. The lowest BCUT2D eigenvalue weighted by Crippen LogP contribution is -2.39. The predicted octanol–water partition coefficient (Wildman–Crippen LogP) is 3.89. The third kappa shape index (κ3) is 2.72. The van der Waals surface area contributed by atoms with E-state index in [9.17, 15) is 4.79 Å². The van der Waals surface area contributed by atoms with Crippen LogP contribution in [-0.2, 0) is 11.8 Å². The van der Waals surface area contributed by atoms with Crippen molar-refractivity contribution in [2.45, 2.75) is 37.6 Å². The van der Waals surface area contributed by atoms with E-state index in [4.69, 9.17) is 4.98 Å². The fourth-order valence-corrected chi connectivity index (χ4v) is 5.28. The molecule has 26 heavy (non-hydrogen) atoms. The number of hydrogen-bond acceptors (Lipinski definition) is 4. The number of benzene rings is 1. The van der Waals surface area contributed by atoms with Crippen molar-refractivity contribution in [3.05, 3.63) is 47.2 Å². The van der Waals surface area contributed by atoms with Crippen molar-refractivity contribution < 1.29 is 4.79 Å². The van der Waals surface area contributed by atoms with E-state index in [0.717, 1.165) is 36.3 Å². The summed E-state index contributed by atoms with van der Waals surface area (Å²) >= 11 is 1.74. The Kier molecular flexibility index (Phi) is 3.81. The van der Waals surface area contributed by atoms with Gasteiger partial charge in [0.15, 0.2) is 0 Å². The Balaban J connectivity index is 1.39. The largest absolute Gasteiger partial charge is 0.333 e. The topological polar surface area (TPSA) is 51.0 Å². The Bertz CT molecular complexity index is 929. The van der Waals surface area contributed by atoms with E-state index >= 15 is 0 Å². The van der Waals surface area contributed by atoms with Crippen molar-refractivity contribution >= 4 is 27.5 Å². The summed E-state index contributed by atoms with van der Waals surface area (Å²) in [6.07, 6.45) is 8.18. The zero-order valence-corrected chi connectivity index (χ0v) is 15.7. The molecule has 0 spiro atoms. The summed E-state index contributed by atoms with van der Waals surface area (Å²) in [5.74, 6) is 0.770. The number of piperidine rings is 1. The molecule has 1 aliphatic heterocycles. The van der Waals surface area contributed by atoms with Crippen molar-refractivity contribution in [3.8, 4) is 0 Å². The molecule has 1 amide bonds. The van der Waals surface area contributed by atoms with Gasteiger partial charge in [0.2, 0.25) is 5.91 Å². The molecule has 5 nitrogen and oxygen atoms in total. The average molecular weight is 366 g/mol. The minimum atomic E-state index is 0.120. The van der Waals surface area contributed by atoms with E-state index < -0.39 is 0 Å². The lowest BCUT2D eigenvalue weighted by molar-refractivity contribution is -0.136. The van der Waals surface area contributed by atoms with Gasteiger partial charge in [-0.15, -0.1) is 11.3 Å². The van der Waals surface area contributed by atoms with Crippen LogP contribution in [0.25, 0.3) is 10.2 Å². The second kappa shape index (κ2) is 6.20. The second-order valence-electron chi connectivity index (χ2n) is 7.46. The third-order valence-electron chi connectivity index (χ3n) is 5.64. The first kappa shape index (κ1) is 16.0. The monoisotopic (exact) mass is 366 g/mol. The predicted molar refractivity (Wildman–Crippen MR) is 102 cm³/mol. The number of rotatable bonds is 3. The summed E-state index contributed by atoms with van der Waals surface area (Å²) < 4.78 is 3.03. The number of aryl methyl sites for hydroxylation is 1. The molecule has 6 heteroatoms. The molecule has 3 aromatic rings. The summed E-state index contributed by atoms with van der Waals surface area (Å²) in [5.41, 5.74) is 2.24. The maximum atomic E-state index is 13.2. The quantitative estimate of drug-likeness (QED) is 0.707. The number of nitrogens with zero attached hydrogens (tertiary/aromatic N) is 4. The summed E-state index contributed by atoms with van der Waals surface area (Å²) in [5, 5.41) is 5.35. The Morgan fingerprint density at radius 2 is 2.15 bits per heavy atom. The summed E-state index contributed by atoms with van der Waals surface area (Å²) in [6.45, 7) is 0.857. The van der Waals surface area contributed by atoms with Crippen LogP contribution in [0.2, 0.25) is 0 Å². The Hall–Kier alpha value is -2.21. The van der Waals surface area contributed by atoms with Crippen LogP contribution >= 0.6 is 11.3 Å². The molecule has 1 aromatic carbocycles. The molecular weight excluding hydrogens is 344 g/mol. The number of fused-ring (bicyclic) bond motifs is 1. The van der Waals surface area contributed by atoms with E-state index in [-0.39, 0.29) is 12.0 Å². The first-order chi connectivity index (χ1) is 12.7. The minimum Gasteiger partial charge on any atom is -0.333 e. The molecule has 0 N–H and O–H groups in total. The first-order valence-corrected chi connectivity index (χ1v) is 10.2. The maximum absolute atomic E-state index is 13.2. The third-order valence-corrected chi connectivity index (χ3v) is 6.78. The highest BCUT2D eigenvalue weighted by Crippen LogP contribution is 2.50. The van der Waals surface area contributed by atoms with Crippen molar-refractivity contribution in [1.82, 2.24) is 19.7 Å². The van der Waals surface area contributed by atoms with Gasteiger partial charge in [-0.1, -0.05) is 12.1 Å². The first-order valence-electron chi connectivity index (χ1n) is 9.35.